The molecule has 0 saturated heterocycles. The number of benzene rings is 1. The molecule has 4 nitrogen and oxygen atoms in total. The molecule has 0 fully saturated rings. The molecule has 2 unspecified atom stereocenters. The summed E-state index contributed by atoms with van der Waals surface area (Å²) in [5.74, 6) is -0.101. The first-order valence-electron chi connectivity index (χ1n) is 7.40. The monoisotopic (exact) mass is 317 g/mol. The molecule has 1 aliphatic heterocycles. The molecule has 1 amide bonds. The summed E-state index contributed by atoms with van der Waals surface area (Å²) in [6.07, 6.45) is 0.330. The summed E-state index contributed by atoms with van der Waals surface area (Å²) in [6, 6.07) is 9.95. The number of amides is 1. The van der Waals surface area contributed by atoms with Gasteiger partial charge in [0.15, 0.2) is 0 Å². The Morgan fingerprint density at radius 2 is 2.27 bits per heavy atom. The van der Waals surface area contributed by atoms with Crippen LogP contribution in [0.25, 0.3) is 0 Å². The lowest BCUT2D eigenvalue weighted by Crippen LogP contribution is -2.31. The first-order chi connectivity index (χ1) is 10.7. The van der Waals surface area contributed by atoms with Crippen LogP contribution in [0.3, 0.4) is 0 Å². The van der Waals surface area contributed by atoms with E-state index in [9.17, 15) is 9.90 Å². The highest BCUT2D eigenvalue weighted by molar-refractivity contribution is 7.07. The molecule has 1 aromatic heterocycles. The lowest BCUT2D eigenvalue weighted by molar-refractivity contribution is -0.124. The largest absolute Gasteiger partial charge is 0.387 e. The van der Waals surface area contributed by atoms with Crippen LogP contribution in [0.2, 0.25) is 0 Å². The van der Waals surface area contributed by atoms with Gasteiger partial charge in [-0.3, -0.25) is 4.79 Å². The van der Waals surface area contributed by atoms with Crippen LogP contribution in [-0.2, 0) is 16.0 Å². The zero-order valence-electron chi connectivity index (χ0n) is 12.2. The molecule has 0 aliphatic carbocycles. The Hall–Kier alpha value is -1.69. The Labute approximate surface area is 133 Å². The van der Waals surface area contributed by atoms with Crippen molar-refractivity contribution in [3.05, 3.63) is 57.8 Å². The number of carbonyl (C=O) groups is 1. The van der Waals surface area contributed by atoms with E-state index in [-0.39, 0.29) is 25.0 Å². The van der Waals surface area contributed by atoms with Crippen LogP contribution in [0.1, 0.15) is 35.3 Å². The topological polar surface area (TPSA) is 58.6 Å². The number of rotatable bonds is 5. The Morgan fingerprint density at radius 1 is 1.41 bits per heavy atom. The molecule has 2 N–H and O–H groups in total. The van der Waals surface area contributed by atoms with Gasteiger partial charge in [0.1, 0.15) is 0 Å². The van der Waals surface area contributed by atoms with Gasteiger partial charge in [-0.2, -0.15) is 11.3 Å². The molecule has 116 valence electrons. The minimum Gasteiger partial charge on any atom is -0.387 e. The molecule has 5 heteroatoms. The average molecular weight is 317 g/mol. The van der Waals surface area contributed by atoms with E-state index >= 15 is 0 Å². The van der Waals surface area contributed by atoms with Crippen molar-refractivity contribution >= 4 is 17.2 Å². The maximum Gasteiger partial charge on any atom is 0.223 e. The fourth-order valence-electron chi connectivity index (χ4n) is 2.68. The molecule has 0 radical (unpaired) electrons. The number of hydrogen-bond donors (Lipinski definition) is 2. The normalized spacial score (nSPS) is 18.5. The summed E-state index contributed by atoms with van der Waals surface area (Å²) in [7, 11) is 0. The number of fused-ring (bicyclic) bond motifs is 1. The van der Waals surface area contributed by atoms with Crippen LogP contribution < -0.4 is 5.32 Å². The molecule has 1 aromatic carbocycles. The minimum atomic E-state index is -0.658. The molecule has 0 saturated carbocycles. The molecular weight excluding hydrogens is 298 g/mol. The van der Waals surface area contributed by atoms with Crippen LogP contribution in [0.4, 0.5) is 0 Å². The average Bonchev–Trinajstić information content (AvgIpc) is 3.07. The van der Waals surface area contributed by atoms with Crippen molar-refractivity contribution in [2.45, 2.75) is 25.0 Å². The third-order valence-corrected chi connectivity index (χ3v) is 4.59. The van der Waals surface area contributed by atoms with Gasteiger partial charge in [0.25, 0.3) is 0 Å². The summed E-state index contributed by atoms with van der Waals surface area (Å²) in [5.41, 5.74) is 3.19. The second-order valence-electron chi connectivity index (χ2n) is 5.39. The van der Waals surface area contributed by atoms with E-state index in [4.69, 9.17) is 4.74 Å². The molecule has 3 rings (SSSR count). The molecule has 0 bridgehead atoms. The van der Waals surface area contributed by atoms with Crippen LogP contribution in [-0.4, -0.2) is 24.2 Å². The number of thiophene rings is 1. The number of aliphatic hydroxyl groups is 1. The highest BCUT2D eigenvalue weighted by Crippen LogP contribution is 2.29. The third kappa shape index (κ3) is 3.55. The molecule has 2 aromatic rings. The van der Waals surface area contributed by atoms with E-state index in [0.29, 0.717) is 6.61 Å². The van der Waals surface area contributed by atoms with Gasteiger partial charge in [0.05, 0.1) is 25.2 Å². The van der Waals surface area contributed by atoms with Crippen molar-refractivity contribution in [3.63, 3.8) is 0 Å². The van der Waals surface area contributed by atoms with Gasteiger partial charge in [0, 0.05) is 6.54 Å². The van der Waals surface area contributed by atoms with Crippen molar-refractivity contribution < 1.29 is 14.6 Å². The predicted molar refractivity (Wildman–Crippen MR) is 85.7 cm³/mol. The quantitative estimate of drug-likeness (QED) is 0.891. The van der Waals surface area contributed by atoms with Gasteiger partial charge in [-0.15, -0.1) is 0 Å². The fourth-order valence-corrected chi connectivity index (χ4v) is 3.39. The first kappa shape index (κ1) is 15.2. The van der Waals surface area contributed by atoms with Gasteiger partial charge in [0.2, 0.25) is 5.91 Å². The van der Waals surface area contributed by atoms with E-state index in [1.165, 1.54) is 16.9 Å². The summed E-state index contributed by atoms with van der Waals surface area (Å²) >= 11 is 1.53. The van der Waals surface area contributed by atoms with Gasteiger partial charge in [-0.1, -0.05) is 24.3 Å². The van der Waals surface area contributed by atoms with Crippen molar-refractivity contribution in [1.29, 1.82) is 0 Å². The Morgan fingerprint density at radius 3 is 3.09 bits per heavy atom. The number of hydrogen-bond acceptors (Lipinski definition) is 4. The molecule has 2 atom stereocenters. The summed E-state index contributed by atoms with van der Waals surface area (Å²) < 4.78 is 5.73. The van der Waals surface area contributed by atoms with E-state index in [1.54, 1.807) is 0 Å². The van der Waals surface area contributed by atoms with Crippen LogP contribution in [0.5, 0.6) is 0 Å². The van der Waals surface area contributed by atoms with Crippen molar-refractivity contribution in [2.75, 3.05) is 13.2 Å². The number of nitrogens with one attached hydrogen (secondary N) is 1. The van der Waals surface area contributed by atoms with E-state index in [2.05, 4.69) is 11.4 Å². The molecule has 22 heavy (non-hydrogen) atoms. The summed E-state index contributed by atoms with van der Waals surface area (Å²) in [6.45, 7) is 0.871. The van der Waals surface area contributed by atoms with E-state index < -0.39 is 6.10 Å². The lowest BCUT2D eigenvalue weighted by atomic mass is 9.95. The fraction of sp³-hybridized carbons (Fsp3) is 0.353. The van der Waals surface area contributed by atoms with E-state index in [0.717, 1.165) is 17.5 Å². The predicted octanol–water partition coefficient (Wildman–Crippen LogP) is 2.60. The van der Waals surface area contributed by atoms with Crippen molar-refractivity contribution in [3.8, 4) is 0 Å². The van der Waals surface area contributed by atoms with Crippen LogP contribution in [0.15, 0.2) is 41.1 Å². The lowest BCUT2D eigenvalue weighted by Gasteiger charge is -2.25. The van der Waals surface area contributed by atoms with Crippen molar-refractivity contribution in [2.24, 2.45) is 0 Å². The zero-order valence-corrected chi connectivity index (χ0v) is 13.0. The van der Waals surface area contributed by atoms with E-state index in [1.807, 2.05) is 35.0 Å². The smallest absolute Gasteiger partial charge is 0.223 e. The SMILES string of the molecule is O=C(CC1OCCc2ccccc21)NCC(O)c1ccsc1. The van der Waals surface area contributed by atoms with Gasteiger partial charge in [-0.25, -0.2) is 0 Å². The Kier molecular flexibility index (Phi) is 4.87. The first-order valence-corrected chi connectivity index (χ1v) is 8.34. The van der Waals surface area contributed by atoms with Crippen LogP contribution in [0, 0.1) is 0 Å². The number of carbonyl (C=O) groups excluding carboxylic acids is 1. The number of ether oxygens (including phenoxy) is 1. The van der Waals surface area contributed by atoms with Crippen LogP contribution >= 0.6 is 11.3 Å². The second-order valence-corrected chi connectivity index (χ2v) is 6.17. The maximum absolute atomic E-state index is 12.1. The Balaban J connectivity index is 1.54. The molecular formula is C17H19NO3S. The maximum atomic E-state index is 12.1. The highest BCUT2D eigenvalue weighted by Gasteiger charge is 2.23. The molecule has 2 heterocycles. The van der Waals surface area contributed by atoms with Gasteiger partial charge in [-0.05, 0) is 39.9 Å². The zero-order chi connectivity index (χ0) is 15.4. The minimum absolute atomic E-state index is 0.101. The molecule has 1 aliphatic rings. The highest BCUT2D eigenvalue weighted by atomic mass is 32.1. The summed E-state index contributed by atoms with van der Waals surface area (Å²) in [5, 5.41) is 16.6. The second kappa shape index (κ2) is 7.05. The van der Waals surface area contributed by atoms with Crippen molar-refractivity contribution in [1.82, 2.24) is 5.32 Å². The number of aliphatic hydroxyl groups excluding tert-OH is 1. The summed E-state index contributed by atoms with van der Waals surface area (Å²) in [4.78, 5) is 12.1. The van der Waals surface area contributed by atoms with Gasteiger partial charge >= 0.3 is 0 Å². The third-order valence-electron chi connectivity index (χ3n) is 3.88. The standard InChI is InChI=1S/C17H19NO3S/c19-15(13-6-8-22-11-13)10-18-17(20)9-16-14-4-2-1-3-12(14)5-7-21-16/h1-4,6,8,11,15-16,19H,5,7,9-10H2,(H,18,20). The molecule has 0 spiro atoms. The Bertz CT molecular complexity index is 627. The van der Waals surface area contributed by atoms with Gasteiger partial charge < -0.3 is 15.2 Å².